The number of nitrogens with two attached hydrogens (primary N) is 1. The number of pyridine rings is 1. The van der Waals surface area contributed by atoms with E-state index in [9.17, 15) is 0 Å². The second kappa shape index (κ2) is 4.71. The molecule has 0 amide bonds. The monoisotopic (exact) mass is 239 g/mol. The van der Waals surface area contributed by atoms with Crippen LogP contribution in [0.15, 0.2) is 22.3 Å². The summed E-state index contributed by atoms with van der Waals surface area (Å²) in [5.41, 5.74) is 7.18. The molecule has 0 saturated carbocycles. The lowest BCUT2D eigenvalue weighted by molar-refractivity contribution is 0.0454. The standard InChI is InChI=1S/C10H13N3O2S/c1-6-2-3-8(9(11)13-14)10(12-6)16-7-4-15-5-7/h2-3,7,14H,4-5H2,1H3,(H2,11,13). The lowest BCUT2D eigenvalue weighted by Gasteiger charge is -2.25. The number of thioether (sulfide) groups is 1. The quantitative estimate of drug-likeness (QED) is 0.355. The molecule has 3 N–H and O–H groups in total. The van der Waals surface area contributed by atoms with Gasteiger partial charge in [0.25, 0.3) is 0 Å². The first-order valence-corrected chi connectivity index (χ1v) is 5.78. The van der Waals surface area contributed by atoms with Gasteiger partial charge in [-0.3, -0.25) is 0 Å². The number of hydrogen-bond donors (Lipinski definition) is 2. The number of nitrogens with zero attached hydrogens (tertiary/aromatic N) is 2. The van der Waals surface area contributed by atoms with Crippen molar-refractivity contribution in [2.24, 2.45) is 10.9 Å². The molecule has 0 radical (unpaired) electrons. The highest BCUT2D eigenvalue weighted by molar-refractivity contribution is 8.00. The molecule has 1 aromatic heterocycles. The SMILES string of the molecule is Cc1ccc(C(N)=NO)c(SC2COC2)n1. The summed E-state index contributed by atoms with van der Waals surface area (Å²) in [6.07, 6.45) is 0. The normalized spacial score (nSPS) is 17.2. The molecule has 0 bridgehead atoms. The van der Waals surface area contributed by atoms with Gasteiger partial charge in [-0.05, 0) is 19.1 Å². The van der Waals surface area contributed by atoms with Crippen molar-refractivity contribution in [2.45, 2.75) is 17.2 Å². The minimum Gasteiger partial charge on any atom is -0.409 e. The van der Waals surface area contributed by atoms with Gasteiger partial charge in [0.2, 0.25) is 0 Å². The Morgan fingerprint density at radius 3 is 2.94 bits per heavy atom. The highest BCUT2D eigenvalue weighted by Crippen LogP contribution is 2.29. The molecule has 2 heterocycles. The molecule has 1 aromatic rings. The van der Waals surface area contributed by atoms with Gasteiger partial charge >= 0.3 is 0 Å². The lowest BCUT2D eigenvalue weighted by Crippen LogP contribution is -2.30. The Hall–Kier alpha value is -1.27. The fraction of sp³-hybridized carbons (Fsp3) is 0.400. The van der Waals surface area contributed by atoms with E-state index >= 15 is 0 Å². The van der Waals surface area contributed by atoms with Crippen LogP contribution < -0.4 is 5.73 Å². The first-order chi connectivity index (χ1) is 7.70. The first-order valence-electron chi connectivity index (χ1n) is 4.90. The van der Waals surface area contributed by atoms with Gasteiger partial charge in [0, 0.05) is 5.69 Å². The Bertz CT molecular complexity index is 419. The van der Waals surface area contributed by atoms with E-state index in [0.717, 1.165) is 23.9 Å². The van der Waals surface area contributed by atoms with Crippen LogP contribution in [0.2, 0.25) is 0 Å². The maximum Gasteiger partial charge on any atom is 0.172 e. The minimum absolute atomic E-state index is 0.0928. The van der Waals surface area contributed by atoms with Crippen molar-refractivity contribution < 1.29 is 9.94 Å². The second-order valence-electron chi connectivity index (χ2n) is 3.57. The van der Waals surface area contributed by atoms with Crippen LogP contribution in [0.3, 0.4) is 0 Å². The number of rotatable bonds is 3. The lowest BCUT2D eigenvalue weighted by atomic mass is 10.2. The Morgan fingerprint density at radius 2 is 2.38 bits per heavy atom. The molecule has 0 spiro atoms. The van der Waals surface area contributed by atoms with Gasteiger partial charge in [-0.1, -0.05) is 16.9 Å². The number of aryl methyl sites for hydroxylation is 1. The number of aromatic nitrogens is 1. The Balaban J connectivity index is 2.28. The van der Waals surface area contributed by atoms with Crippen molar-refractivity contribution in [3.63, 3.8) is 0 Å². The molecule has 0 aromatic carbocycles. The molecular formula is C10H13N3O2S. The van der Waals surface area contributed by atoms with Crippen LogP contribution in [0.25, 0.3) is 0 Å². The summed E-state index contributed by atoms with van der Waals surface area (Å²) in [5.74, 6) is 0.0928. The number of oxime groups is 1. The van der Waals surface area contributed by atoms with Crippen LogP contribution in [0.4, 0.5) is 0 Å². The first kappa shape index (κ1) is 11.2. The van der Waals surface area contributed by atoms with Gasteiger partial charge in [0.15, 0.2) is 5.84 Å². The Morgan fingerprint density at radius 1 is 1.62 bits per heavy atom. The van der Waals surface area contributed by atoms with Crippen LogP contribution in [-0.2, 0) is 4.74 Å². The van der Waals surface area contributed by atoms with Crippen LogP contribution in [0.1, 0.15) is 11.3 Å². The highest BCUT2D eigenvalue weighted by atomic mass is 32.2. The number of amidine groups is 1. The zero-order valence-corrected chi connectivity index (χ0v) is 9.70. The third-order valence-corrected chi connectivity index (χ3v) is 3.41. The molecule has 16 heavy (non-hydrogen) atoms. The van der Waals surface area contributed by atoms with Crippen LogP contribution in [-0.4, -0.2) is 34.5 Å². The van der Waals surface area contributed by atoms with Gasteiger partial charge in [-0.25, -0.2) is 4.98 Å². The molecule has 1 aliphatic heterocycles. The molecule has 1 saturated heterocycles. The molecule has 0 unspecified atom stereocenters. The zero-order valence-electron chi connectivity index (χ0n) is 8.88. The summed E-state index contributed by atoms with van der Waals surface area (Å²) in [6, 6.07) is 3.66. The summed E-state index contributed by atoms with van der Waals surface area (Å²) >= 11 is 1.61. The van der Waals surface area contributed by atoms with E-state index in [1.165, 1.54) is 0 Å². The molecule has 0 atom stereocenters. The van der Waals surface area contributed by atoms with E-state index < -0.39 is 0 Å². The Kier molecular flexibility index (Phi) is 3.31. The number of ether oxygens (including phenoxy) is 1. The Labute approximate surface area is 97.7 Å². The summed E-state index contributed by atoms with van der Waals surface area (Å²) < 4.78 is 5.10. The van der Waals surface area contributed by atoms with Crippen molar-refractivity contribution in [2.75, 3.05) is 13.2 Å². The van der Waals surface area contributed by atoms with Crippen molar-refractivity contribution in [1.29, 1.82) is 0 Å². The van der Waals surface area contributed by atoms with E-state index in [1.807, 2.05) is 19.1 Å². The topological polar surface area (TPSA) is 80.7 Å². The van der Waals surface area contributed by atoms with Crippen molar-refractivity contribution in [3.05, 3.63) is 23.4 Å². The fourth-order valence-electron chi connectivity index (χ4n) is 1.31. The van der Waals surface area contributed by atoms with Crippen molar-refractivity contribution >= 4 is 17.6 Å². The van der Waals surface area contributed by atoms with E-state index in [1.54, 1.807) is 11.8 Å². The van der Waals surface area contributed by atoms with Gasteiger partial charge in [-0.15, -0.1) is 0 Å². The minimum atomic E-state index is 0.0928. The van der Waals surface area contributed by atoms with Crippen molar-refractivity contribution in [1.82, 2.24) is 4.98 Å². The summed E-state index contributed by atoms with van der Waals surface area (Å²) in [4.78, 5) is 4.40. The number of hydrogen-bond acceptors (Lipinski definition) is 5. The maximum absolute atomic E-state index is 8.69. The van der Waals surface area contributed by atoms with Gasteiger partial charge in [0.05, 0.1) is 24.0 Å². The molecular weight excluding hydrogens is 226 g/mol. The van der Waals surface area contributed by atoms with E-state index in [4.69, 9.17) is 15.7 Å². The molecule has 2 rings (SSSR count). The average molecular weight is 239 g/mol. The molecule has 1 aliphatic rings. The highest BCUT2D eigenvalue weighted by Gasteiger charge is 2.22. The smallest absolute Gasteiger partial charge is 0.172 e. The van der Waals surface area contributed by atoms with Crippen LogP contribution >= 0.6 is 11.8 Å². The van der Waals surface area contributed by atoms with Gasteiger partial charge in [0.1, 0.15) is 5.03 Å². The zero-order chi connectivity index (χ0) is 11.5. The molecule has 6 heteroatoms. The van der Waals surface area contributed by atoms with E-state index in [0.29, 0.717) is 10.8 Å². The molecule has 0 aliphatic carbocycles. The van der Waals surface area contributed by atoms with Gasteiger partial charge < -0.3 is 15.7 Å². The van der Waals surface area contributed by atoms with Gasteiger partial charge in [-0.2, -0.15) is 0 Å². The average Bonchev–Trinajstić information content (AvgIpc) is 2.22. The molecule has 1 fully saturated rings. The van der Waals surface area contributed by atoms with E-state index in [-0.39, 0.29) is 5.84 Å². The van der Waals surface area contributed by atoms with Crippen molar-refractivity contribution in [3.8, 4) is 0 Å². The second-order valence-corrected chi connectivity index (χ2v) is 4.86. The third kappa shape index (κ3) is 2.28. The molecule has 5 nitrogen and oxygen atoms in total. The predicted molar refractivity (Wildman–Crippen MR) is 61.9 cm³/mol. The predicted octanol–water partition coefficient (Wildman–Crippen LogP) is 0.975. The summed E-state index contributed by atoms with van der Waals surface area (Å²) in [7, 11) is 0. The summed E-state index contributed by atoms with van der Waals surface area (Å²) in [6.45, 7) is 3.38. The fourth-order valence-corrected chi connectivity index (χ4v) is 2.45. The van der Waals surface area contributed by atoms with Crippen LogP contribution in [0, 0.1) is 6.92 Å². The summed E-state index contributed by atoms with van der Waals surface area (Å²) in [5, 5.41) is 12.9. The van der Waals surface area contributed by atoms with Crippen LogP contribution in [0.5, 0.6) is 0 Å². The largest absolute Gasteiger partial charge is 0.409 e. The third-order valence-electron chi connectivity index (χ3n) is 2.27. The van der Waals surface area contributed by atoms with E-state index in [2.05, 4.69) is 10.1 Å². The molecule has 86 valence electrons. The maximum atomic E-state index is 8.69.